The first-order valence-corrected chi connectivity index (χ1v) is 8.26. The molecule has 0 saturated carbocycles. The van der Waals surface area contributed by atoms with Crippen LogP contribution in [0.25, 0.3) is 0 Å². The number of rotatable bonds is 7. The molecular weight excluding hydrogens is 396 g/mol. The number of halogens is 4. The summed E-state index contributed by atoms with van der Waals surface area (Å²) < 4.78 is 55.6. The van der Waals surface area contributed by atoms with Crippen LogP contribution < -0.4 is 10.6 Å². The minimum absolute atomic E-state index is 0.127. The number of carbonyl (C=O) groups excluding carboxylic acids is 3. The molecule has 2 N–H and O–H groups in total. The number of ether oxygens (including phenoxy) is 1. The van der Waals surface area contributed by atoms with Crippen LogP contribution in [0.15, 0.2) is 48.5 Å². The Morgan fingerprint density at radius 3 is 2.07 bits per heavy atom. The summed E-state index contributed by atoms with van der Waals surface area (Å²) in [6.45, 7) is -0.867. The molecule has 6 nitrogen and oxygen atoms in total. The number of anilines is 1. The second-order valence-electron chi connectivity index (χ2n) is 5.89. The summed E-state index contributed by atoms with van der Waals surface area (Å²) in [5, 5.41) is 0. The molecule has 0 atom stereocenters. The minimum Gasteiger partial charge on any atom is -0.452 e. The van der Waals surface area contributed by atoms with E-state index in [9.17, 15) is 31.9 Å². The number of amides is 2. The smallest absolute Gasteiger partial charge is 0.416 e. The molecule has 2 aromatic rings. The molecule has 0 radical (unpaired) electrons. The maximum absolute atomic E-state index is 13.1. The van der Waals surface area contributed by atoms with Gasteiger partial charge in [0.05, 0.1) is 11.1 Å². The molecule has 0 spiro atoms. The number of nitrogens with zero attached hydrogens (tertiary/aromatic N) is 1. The standard InChI is InChI=1S/C19H16F4N2O4/c20-14-5-7-15(8-6-14)25(10-9-16(24)26)17(27)11-29-18(28)12-1-3-13(4-2-12)19(21,22)23/h1-8H,9-11H2,(H2,24,26). The largest absolute Gasteiger partial charge is 0.452 e. The molecule has 0 aliphatic rings. The van der Waals surface area contributed by atoms with E-state index in [1.165, 1.54) is 12.1 Å². The Balaban J connectivity index is 2.05. The average Bonchev–Trinajstić information content (AvgIpc) is 2.66. The monoisotopic (exact) mass is 412 g/mol. The van der Waals surface area contributed by atoms with E-state index in [1.807, 2.05) is 0 Å². The predicted molar refractivity (Wildman–Crippen MR) is 94.3 cm³/mol. The quantitative estimate of drug-likeness (QED) is 0.559. The van der Waals surface area contributed by atoms with Crippen LogP contribution >= 0.6 is 0 Å². The lowest BCUT2D eigenvalue weighted by atomic mass is 10.1. The van der Waals surface area contributed by atoms with Gasteiger partial charge in [0.1, 0.15) is 5.82 Å². The molecule has 0 aromatic heterocycles. The van der Waals surface area contributed by atoms with Crippen molar-refractivity contribution in [1.82, 2.24) is 0 Å². The van der Waals surface area contributed by atoms with Crippen molar-refractivity contribution in [3.8, 4) is 0 Å². The molecule has 2 amide bonds. The zero-order valence-corrected chi connectivity index (χ0v) is 14.9. The van der Waals surface area contributed by atoms with E-state index in [4.69, 9.17) is 10.5 Å². The van der Waals surface area contributed by atoms with Crippen LogP contribution in [0.4, 0.5) is 23.2 Å². The summed E-state index contributed by atoms with van der Waals surface area (Å²) in [6.07, 6.45) is -4.73. The van der Waals surface area contributed by atoms with E-state index < -0.39 is 41.9 Å². The van der Waals surface area contributed by atoms with E-state index in [2.05, 4.69) is 0 Å². The molecule has 0 heterocycles. The first-order chi connectivity index (χ1) is 13.6. The summed E-state index contributed by atoms with van der Waals surface area (Å²) in [4.78, 5) is 36.5. The predicted octanol–water partition coefficient (Wildman–Crippen LogP) is 2.91. The number of nitrogens with two attached hydrogens (primary N) is 1. The van der Waals surface area contributed by atoms with Gasteiger partial charge in [-0.3, -0.25) is 9.59 Å². The summed E-state index contributed by atoms with van der Waals surface area (Å²) >= 11 is 0. The highest BCUT2D eigenvalue weighted by Crippen LogP contribution is 2.29. The Morgan fingerprint density at radius 1 is 0.966 bits per heavy atom. The lowest BCUT2D eigenvalue weighted by Gasteiger charge is -2.22. The third kappa shape index (κ3) is 6.30. The number of hydrogen-bond acceptors (Lipinski definition) is 4. The van der Waals surface area contributed by atoms with Crippen LogP contribution in [0.5, 0.6) is 0 Å². The van der Waals surface area contributed by atoms with Crippen LogP contribution in [0, 0.1) is 5.82 Å². The maximum atomic E-state index is 13.1. The Kier molecular flexibility index (Phi) is 6.92. The average molecular weight is 412 g/mol. The molecule has 10 heteroatoms. The zero-order valence-electron chi connectivity index (χ0n) is 14.9. The molecular formula is C19H16F4N2O4. The Hall–Kier alpha value is -3.43. The van der Waals surface area contributed by atoms with E-state index in [0.717, 1.165) is 41.3 Å². The van der Waals surface area contributed by atoms with Gasteiger partial charge in [0.25, 0.3) is 5.91 Å². The molecule has 154 valence electrons. The zero-order chi connectivity index (χ0) is 21.6. The van der Waals surface area contributed by atoms with Crippen LogP contribution in [-0.4, -0.2) is 30.9 Å². The van der Waals surface area contributed by atoms with Gasteiger partial charge in [0, 0.05) is 18.7 Å². The van der Waals surface area contributed by atoms with Crippen molar-refractivity contribution in [3.63, 3.8) is 0 Å². The Morgan fingerprint density at radius 2 is 1.55 bits per heavy atom. The van der Waals surface area contributed by atoms with Gasteiger partial charge in [-0.05, 0) is 48.5 Å². The fourth-order valence-electron chi connectivity index (χ4n) is 2.32. The van der Waals surface area contributed by atoms with E-state index in [0.29, 0.717) is 0 Å². The SMILES string of the molecule is NC(=O)CCN(C(=O)COC(=O)c1ccc(C(F)(F)F)cc1)c1ccc(F)cc1. The highest BCUT2D eigenvalue weighted by Gasteiger charge is 2.30. The van der Waals surface area contributed by atoms with Gasteiger partial charge in [0.15, 0.2) is 6.61 Å². The topological polar surface area (TPSA) is 89.7 Å². The van der Waals surface area contributed by atoms with Crippen molar-refractivity contribution in [2.24, 2.45) is 5.73 Å². The van der Waals surface area contributed by atoms with Crippen LogP contribution in [0.3, 0.4) is 0 Å². The lowest BCUT2D eigenvalue weighted by molar-refractivity contribution is -0.137. The normalized spacial score (nSPS) is 11.0. The van der Waals surface area contributed by atoms with Crippen LogP contribution in [-0.2, 0) is 20.5 Å². The highest BCUT2D eigenvalue weighted by atomic mass is 19.4. The minimum atomic E-state index is -4.55. The number of benzene rings is 2. The van der Waals surface area contributed by atoms with E-state index in [-0.39, 0.29) is 24.2 Å². The number of primary amides is 1. The van der Waals surface area contributed by atoms with Gasteiger partial charge < -0.3 is 15.4 Å². The molecule has 2 rings (SSSR count). The van der Waals surface area contributed by atoms with E-state index >= 15 is 0 Å². The summed E-state index contributed by atoms with van der Waals surface area (Å²) in [6, 6.07) is 8.10. The van der Waals surface area contributed by atoms with Crippen molar-refractivity contribution in [3.05, 3.63) is 65.5 Å². The summed E-state index contributed by atoms with van der Waals surface area (Å²) in [5.74, 6) is -2.93. The fourth-order valence-corrected chi connectivity index (χ4v) is 2.32. The van der Waals surface area contributed by atoms with E-state index in [1.54, 1.807) is 0 Å². The van der Waals surface area contributed by atoms with Crippen molar-refractivity contribution in [2.45, 2.75) is 12.6 Å². The first kappa shape index (κ1) is 21.9. The van der Waals surface area contributed by atoms with Gasteiger partial charge in [-0.25, -0.2) is 9.18 Å². The molecule has 0 aliphatic carbocycles. The van der Waals surface area contributed by atoms with Crippen molar-refractivity contribution in [1.29, 1.82) is 0 Å². The number of hydrogen-bond donors (Lipinski definition) is 1. The molecule has 0 aliphatic heterocycles. The molecule has 0 bridgehead atoms. The van der Waals surface area contributed by atoms with Crippen LogP contribution in [0.2, 0.25) is 0 Å². The third-order valence-electron chi connectivity index (χ3n) is 3.80. The lowest BCUT2D eigenvalue weighted by Crippen LogP contribution is -2.37. The highest BCUT2D eigenvalue weighted by molar-refractivity contribution is 5.97. The Bertz CT molecular complexity index is 881. The van der Waals surface area contributed by atoms with Gasteiger partial charge in [-0.15, -0.1) is 0 Å². The fraction of sp³-hybridized carbons (Fsp3) is 0.211. The molecule has 0 saturated heterocycles. The number of esters is 1. The number of alkyl halides is 3. The number of carbonyl (C=O) groups is 3. The van der Waals surface area contributed by atoms with Crippen molar-refractivity contribution < 1.29 is 36.7 Å². The molecule has 2 aromatic carbocycles. The first-order valence-electron chi connectivity index (χ1n) is 8.26. The van der Waals surface area contributed by atoms with Gasteiger partial charge in [-0.2, -0.15) is 13.2 Å². The third-order valence-corrected chi connectivity index (χ3v) is 3.80. The Labute approximate surface area is 162 Å². The molecule has 0 fully saturated rings. The van der Waals surface area contributed by atoms with Gasteiger partial charge in [0.2, 0.25) is 5.91 Å². The summed E-state index contributed by atoms with van der Waals surface area (Å²) in [5.41, 5.74) is 4.23. The molecule has 0 unspecified atom stereocenters. The molecule has 29 heavy (non-hydrogen) atoms. The van der Waals surface area contributed by atoms with Crippen molar-refractivity contribution >= 4 is 23.5 Å². The second kappa shape index (κ2) is 9.18. The van der Waals surface area contributed by atoms with Gasteiger partial charge >= 0.3 is 12.1 Å². The van der Waals surface area contributed by atoms with Gasteiger partial charge in [-0.1, -0.05) is 0 Å². The van der Waals surface area contributed by atoms with Crippen LogP contribution in [0.1, 0.15) is 22.3 Å². The second-order valence-corrected chi connectivity index (χ2v) is 5.89. The van der Waals surface area contributed by atoms with Crippen molar-refractivity contribution in [2.75, 3.05) is 18.1 Å². The summed E-state index contributed by atoms with van der Waals surface area (Å²) in [7, 11) is 0. The maximum Gasteiger partial charge on any atom is 0.416 e.